The fraction of sp³-hybridized carbons (Fsp3) is 0.933. The Morgan fingerprint density at radius 1 is 1.06 bits per heavy atom. The van der Waals surface area contributed by atoms with Crippen LogP contribution >= 0.6 is 0 Å². The van der Waals surface area contributed by atoms with Crippen LogP contribution in [-0.2, 0) is 9.53 Å². The van der Waals surface area contributed by atoms with E-state index in [0.717, 1.165) is 45.1 Å². The topological polar surface area (TPSA) is 46.5 Å². The highest BCUT2D eigenvalue weighted by molar-refractivity contribution is 5.69. The molecule has 0 aromatic heterocycles. The van der Waals surface area contributed by atoms with E-state index in [1.807, 2.05) is 0 Å². The molecule has 0 aromatic rings. The maximum Gasteiger partial charge on any atom is 0.306 e. The Kier molecular flexibility index (Phi) is 11.2. The molecule has 18 heavy (non-hydrogen) atoms. The van der Waals surface area contributed by atoms with Crippen LogP contribution in [-0.4, -0.2) is 23.8 Å². The zero-order valence-electron chi connectivity index (χ0n) is 12.3. The van der Waals surface area contributed by atoms with Crippen LogP contribution < -0.4 is 0 Å². The van der Waals surface area contributed by atoms with Crippen molar-refractivity contribution in [3.05, 3.63) is 0 Å². The lowest BCUT2D eigenvalue weighted by atomic mass is 10.0. The van der Waals surface area contributed by atoms with E-state index in [1.165, 1.54) is 12.8 Å². The average Bonchev–Trinajstić information content (AvgIpc) is 2.33. The van der Waals surface area contributed by atoms with Crippen molar-refractivity contribution >= 4 is 5.97 Å². The molecule has 3 heteroatoms. The van der Waals surface area contributed by atoms with E-state index in [1.54, 1.807) is 6.92 Å². The SMILES string of the molecule is CCCCCOC(C)CCCCCC(C)C(=O)O. The minimum Gasteiger partial charge on any atom is -0.481 e. The van der Waals surface area contributed by atoms with Gasteiger partial charge in [0.05, 0.1) is 12.0 Å². The van der Waals surface area contributed by atoms with Crippen molar-refractivity contribution in [1.82, 2.24) is 0 Å². The molecule has 0 bridgehead atoms. The lowest BCUT2D eigenvalue weighted by Crippen LogP contribution is -2.10. The molecule has 0 saturated heterocycles. The lowest BCUT2D eigenvalue weighted by Gasteiger charge is -2.13. The van der Waals surface area contributed by atoms with Crippen LogP contribution in [0.15, 0.2) is 0 Å². The van der Waals surface area contributed by atoms with Crippen LogP contribution in [0, 0.1) is 5.92 Å². The third kappa shape index (κ3) is 10.6. The maximum absolute atomic E-state index is 10.6. The van der Waals surface area contributed by atoms with E-state index < -0.39 is 5.97 Å². The first kappa shape index (κ1) is 17.4. The normalized spacial score (nSPS) is 14.4. The highest BCUT2D eigenvalue weighted by atomic mass is 16.5. The Labute approximate surface area is 112 Å². The van der Waals surface area contributed by atoms with E-state index in [9.17, 15) is 4.79 Å². The smallest absolute Gasteiger partial charge is 0.306 e. The number of aliphatic carboxylic acids is 1. The van der Waals surface area contributed by atoms with Crippen molar-refractivity contribution in [3.63, 3.8) is 0 Å². The molecule has 2 unspecified atom stereocenters. The minimum absolute atomic E-state index is 0.201. The standard InChI is InChI=1S/C15H30O3/c1-4-5-9-12-18-14(3)11-8-6-7-10-13(2)15(16)17/h13-14H,4-12H2,1-3H3,(H,16,17). The summed E-state index contributed by atoms with van der Waals surface area (Å²) in [6.07, 6.45) is 9.14. The van der Waals surface area contributed by atoms with E-state index >= 15 is 0 Å². The molecule has 0 fully saturated rings. The molecule has 0 aliphatic carbocycles. The van der Waals surface area contributed by atoms with Crippen molar-refractivity contribution in [2.45, 2.75) is 78.2 Å². The number of carboxylic acid groups (broad SMARTS) is 1. The number of hydrogen-bond acceptors (Lipinski definition) is 2. The molecule has 0 aliphatic heterocycles. The van der Waals surface area contributed by atoms with Crippen LogP contribution in [0.1, 0.15) is 72.1 Å². The average molecular weight is 258 g/mol. The second-order valence-corrected chi connectivity index (χ2v) is 5.27. The second-order valence-electron chi connectivity index (χ2n) is 5.27. The minimum atomic E-state index is -0.678. The Balaban J connectivity index is 3.29. The van der Waals surface area contributed by atoms with E-state index in [0.29, 0.717) is 6.10 Å². The molecule has 0 rings (SSSR count). The molecule has 0 aliphatic rings. The summed E-state index contributed by atoms with van der Waals surface area (Å²) in [5.74, 6) is -0.879. The van der Waals surface area contributed by atoms with Crippen molar-refractivity contribution in [2.24, 2.45) is 5.92 Å². The molecule has 0 radical (unpaired) electrons. The van der Waals surface area contributed by atoms with E-state index in [4.69, 9.17) is 9.84 Å². The van der Waals surface area contributed by atoms with E-state index in [2.05, 4.69) is 13.8 Å². The first-order valence-electron chi connectivity index (χ1n) is 7.42. The number of hydrogen-bond donors (Lipinski definition) is 1. The Hall–Kier alpha value is -0.570. The first-order chi connectivity index (χ1) is 8.57. The van der Waals surface area contributed by atoms with Gasteiger partial charge in [0.2, 0.25) is 0 Å². The van der Waals surface area contributed by atoms with E-state index in [-0.39, 0.29) is 5.92 Å². The fourth-order valence-electron chi connectivity index (χ4n) is 1.90. The van der Waals surface area contributed by atoms with Gasteiger partial charge >= 0.3 is 5.97 Å². The third-order valence-electron chi connectivity index (χ3n) is 3.32. The van der Waals surface area contributed by atoms with Gasteiger partial charge in [-0.2, -0.15) is 0 Å². The van der Waals surface area contributed by atoms with Gasteiger partial charge < -0.3 is 9.84 Å². The summed E-state index contributed by atoms with van der Waals surface area (Å²) in [5.41, 5.74) is 0. The van der Waals surface area contributed by atoms with Gasteiger partial charge in [-0.25, -0.2) is 0 Å². The molecule has 0 amide bonds. The Morgan fingerprint density at radius 2 is 1.72 bits per heavy atom. The summed E-state index contributed by atoms with van der Waals surface area (Å²) in [6.45, 7) is 6.99. The van der Waals surface area contributed by atoms with Crippen LogP contribution in [0.3, 0.4) is 0 Å². The van der Waals surface area contributed by atoms with Gasteiger partial charge in [-0.3, -0.25) is 4.79 Å². The van der Waals surface area contributed by atoms with Crippen molar-refractivity contribution in [1.29, 1.82) is 0 Å². The summed E-state index contributed by atoms with van der Waals surface area (Å²) in [7, 11) is 0. The number of ether oxygens (including phenoxy) is 1. The molecular formula is C15H30O3. The van der Waals surface area contributed by atoms with Gasteiger partial charge in [0.25, 0.3) is 0 Å². The van der Waals surface area contributed by atoms with Crippen molar-refractivity contribution in [2.75, 3.05) is 6.61 Å². The number of unbranched alkanes of at least 4 members (excludes halogenated alkanes) is 4. The third-order valence-corrected chi connectivity index (χ3v) is 3.32. The molecule has 0 saturated carbocycles. The second kappa shape index (κ2) is 11.5. The summed E-state index contributed by atoms with van der Waals surface area (Å²) in [4.78, 5) is 10.6. The zero-order chi connectivity index (χ0) is 13.8. The van der Waals surface area contributed by atoms with Gasteiger partial charge in [-0.05, 0) is 26.2 Å². The number of carboxylic acids is 1. The highest BCUT2D eigenvalue weighted by Crippen LogP contribution is 2.12. The van der Waals surface area contributed by atoms with Crippen LogP contribution in [0.25, 0.3) is 0 Å². The first-order valence-corrected chi connectivity index (χ1v) is 7.42. The monoisotopic (exact) mass is 258 g/mol. The predicted molar refractivity (Wildman–Crippen MR) is 74.8 cm³/mol. The van der Waals surface area contributed by atoms with Gasteiger partial charge in [0.15, 0.2) is 0 Å². The Bertz CT molecular complexity index is 204. The largest absolute Gasteiger partial charge is 0.481 e. The van der Waals surface area contributed by atoms with Gasteiger partial charge in [0, 0.05) is 6.61 Å². The molecule has 2 atom stereocenters. The zero-order valence-corrected chi connectivity index (χ0v) is 12.3. The van der Waals surface area contributed by atoms with Gasteiger partial charge in [-0.1, -0.05) is 46.0 Å². The number of rotatable bonds is 12. The molecule has 3 nitrogen and oxygen atoms in total. The molecule has 0 spiro atoms. The van der Waals surface area contributed by atoms with Gasteiger partial charge in [-0.15, -0.1) is 0 Å². The predicted octanol–water partition coefficient (Wildman–Crippen LogP) is 4.25. The summed E-state index contributed by atoms with van der Waals surface area (Å²) in [5, 5.41) is 8.75. The highest BCUT2D eigenvalue weighted by Gasteiger charge is 2.09. The summed E-state index contributed by atoms with van der Waals surface area (Å²) >= 11 is 0. The van der Waals surface area contributed by atoms with Crippen LogP contribution in [0.5, 0.6) is 0 Å². The fourth-order valence-corrected chi connectivity index (χ4v) is 1.90. The molecule has 0 aromatic carbocycles. The maximum atomic E-state index is 10.6. The van der Waals surface area contributed by atoms with Gasteiger partial charge in [0.1, 0.15) is 0 Å². The molecule has 0 heterocycles. The van der Waals surface area contributed by atoms with Crippen LogP contribution in [0.2, 0.25) is 0 Å². The molecular weight excluding hydrogens is 228 g/mol. The van der Waals surface area contributed by atoms with Crippen LogP contribution in [0.4, 0.5) is 0 Å². The Morgan fingerprint density at radius 3 is 2.33 bits per heavy atom. The molecule has 108 valence electrons. The van der Waals surface area contributed by atoms with Crippen molar-refractivity contribution < 1.29 is 14.6 Å². The quantitative estimate of drug-likeness (QED) is 0.532. The lowest BCUT2D eigenvalue weighted by molar-refractivity contribution is -0.141. The van der Waals surface area contributed by atoms with Crippen molar-refractivity contribution in [3.8, 4) is 0 Å². The summed E-state index contributed by atoms with van der Waals surface area (Å²) in [6, 6.07) is 0. The summed E-state index contributed by atoms with van der Waals surface area (Å²) < 4.78 is 5.72. The number of carbonyl (C=O) groups is 1. The molecule has 1 N–H and O–H groups in total.